The van der Waals surface area contributed by atoms with E-state index in [1.807, 2.05) is 30.3 Å². The van der Waals surface area contributed by atoms with E-state index in [-0.39, 0.29) is 42.1 Å². The topological polar surface area (TPSA) is 113 Å². The lowest BCUT2D eigenvalue weighted by Crippen LogP contribution is -2.66. The Balaban J connectivity index is 1.87. The minimum Gasteiger partial charge on any atom is -0.466 e. The van der Waals surface area contributed by atoms with Gasteiger partial charge in [0.15, 0.2) is 5.78 Å². The molecule has 1 aliphatic carbocycles. The molecule has 9 heteroatoms. The fraction of sp³-hybridized carbons (Fsp3) is 0.333. The quantitative estimate of drug-likeness (QED) is 0.464. The first kappa shape index (κ1) is 26.4. The molecule has 202 valence electrons. The molecule has 1 fully saturated rings. The van der Waals surface area contributed by atoms with Crippen LogP contribution in [0.2, 0.25) is 0 Å². The Hall–Kier alpha value is -4.24. The summed E-state index contributed by atoms with van der Waals surface area (Å²) in [6.45, 7) is 1.98. The SMILES string of the molecule is COC(=O)C1=C(C)N(Cc2ccccc2)C2=C3C(=O)CCC[C@@H]3[C@@](O)(C(=O)OC)C(=O)N2[C@@H]1c1ccccc1. The molecule has 1 N–H and O–H groups in total. The smallest absolute Gasteiger partial charge is 0.348 e. The number of rotatable bonds is 5. The van der Waals surface area contributed by atoms with Crippen molar-refractivity contribution >= 4 is 23.6 Å². The first-order chi connectivity index (χ1) is 18.7. The highest BCUT2D eigenvalue weighted by Gasteiger charge is 2.64. The highest BCUT2D eigenvalue weighted by atomic mass is 16.5. The largest absolute Gasteiger partial charge is 0.466 e. The second kappa shape index (κ2) is 10.1. The van der Waals surface area contributed by atoms with Crippen molar-refractivity contribution in [2.75, 3.05) is 14.2 Å². The van der Waals surface area contributed by atoms with Crippen LogP contribution < -0.4 is 0 Å². The predicted molar refractivity (Wildman–Crippen MR) is 139 cm³/mol. The number of hydrogen-bond donors (Lipinski definition) is 1. The molecule has 0 saturated heterocycles. The second-order valence-corrected chi connectivity index (χ2v) is 9.91. The van der Waals surface area contributed by atoms with Crippen LogP contribution in [-0.4, -0.2) is 58.4 Å². The lowest BCUT2D eigenvalue weighted by Gasteiger charge is -2.53. The molecule has 5 rings (SSSR count). The maximum absolute atomic E-state index is 14.4. The number of aliphatic hydroxyl groups is 1. The van der Waals surface area contributed by atoms with Gasteiger partial charge in [0.1, 0.15) is 5.82 Å². The first-order valence-electron chi connectivity index (χ1n) is 12.8. The molecular formula is C30H30N2O7. The van der Waals surface area contributed by atoms with E-state index in [1.165, 1.54) is 12.0 Å². The van der Waals surface area contributed by atoms with Gasteiger partial charge in [-0.25, -0.2) is 9.59 Å². The maximum Gasteiger partial charge on any atom is 0.348 e. The molecule has 0 bridgehead atoms. The average molecular weight is 531 g/mol. The number of ketones is 1. The predicted octanol–water partition coefficient (Wildman–Crippen LogP) is 3.02. The number of esters is 2. The number of carbonyl (C=O) groups excluding carboxylic acids is 4. The van der Waals surface area contributed by atoms with E-state index in [0.29, 0.717) is 17.7 Å². The molecular weight excluding hydrogens is 500 g/mol. The lowest BCUT2D eigenvalue weighted by molar-refractivity contribution is -0.184. The molecule has 1 amide bonds. The number of nitrogens with zero attached hydrogens (tertiary/aromatic N) is 2. The zero-order chi connectivity index (χ0) is 27.9. The van der Waals surface area contributed by atoms with Gasteiger partial charge in [0.2, 0.25) is 5.60 Å². The van der Waals surface area contributed by atoms with Crippen LogP contribution >= 0.6 is 0 Å². The number of allylic oxidation sites excluding steroid dienone is 1. The summed E-state index contributed by atoms with van der Waals surface area (Å²) in [4.78, 5) is 57.5. The van der Waals surface area contributed by atoms with Gasteiger partial charge in [-0.1, -0.05) is 60.7 Å². The molecule has 9 nitrogen and oxygen atoms in total. The Morgan fingerprint density at radius 2 is 1.64 bits per heavy atom. The Kier molecular flexibility index (Phi) is 6.86. The third kappa shape index (κ3) is 4.04. The van der Waals surface area contributed by atoms with Crippen LogP contribution in [0.1, 0.15) is 43.4 Å². The van der Waals surface area contributed by atoms with Crippen molar-refractivity contribution in [3.8, 4) is 0 Å². The van der Waals surface area contributed by atoms with Crippen LogP contribution in [0.5, 0.6) is 0 Å². The molecule has 3 aliphatic rings. The zero-order valence-corrected chi connectivity index (χ0v) is 22.0. The van der Waals surface area contributed by atoms with Gasteiger partial charge >= 0.3 is 11.9 Å². The van der Waals surface area contributed by atoms with Crippen LogP contribution in [0.4, 0.5) is 0 Å². The Morgan fingerprint density at radius 3 is 2.26 bits per heavy atom. The summed E-state index contributed by atoms with van der Waals surface area (Å²) in [6.07, 6.45) is 0.865. The van der Waals surface area contributed by atoms with E-state index in [1.54, 1.807) is 42.2 Å². The number of Topliss-reactive ketones (excluding diaryl/α,β-unsaturated/α-hetero) is 1. The summed E-state index contributed by atoms with van der Waals surface area (Å²) < 4.78 is 10.1. The molecule has 2 heterocycles. The van der Waals surface area contributed by atoms with Crippen molar-refractivity contribution < 1.29 is 33.8 Å². The molecule has 3 atom stereocenters. The summed E-state index contributed by atoms with van der Waals surface area (Å²) in [7, 11) is 2.34. The summed E-state index contributed by atoms with van der Waals surface area (Å²) in [5.74, 6) is -3.85. The van der Waals surface area contributed by atoms with Crippen LogP contribution in [-0.2, 0) is 35.2 Å². The second-order valence-electron chi connectivity index (χ2n) is 9.91. The molecule has 1 saturated carbocycles. The van der Waals surface area contributed by atoms with E-state index in [0.717, 1.165) is 12.7 Å². The summed E-state index contributed by atoms with van der Waals surface area (Å²) in [5, 5.41) is 11.8. The molecule has 0 unspecified atom stereocenters. The lowest BCUT2D eigenvalue weighted by atomic mass is 9.68. The fourth-order valence-corrected chi connectivity index (χ4v) is 6.01. The standard InChI is InChI=1S/C30H30N2O7/c1-18-23(27(34)38-2)25(20-13-8-5-9-14-20)32-26(31(18)17-19-11-6-4-7-12-19)24-21(15-10-16-22(24)33)30(37,28(32)35)29(36)39-3/h4-9,11-14,21,25,37H,10,15-17H2,1-3H3/t21-,25+,30-/m0/s1. The van der Waals surface area contributed by atoms with Crippen molar-refractivity contribution in [3.05, 3.63) is 94.5 Å². The number of ether oxygens (including phenoxy) is 2. The number of amides is 1. The van der Waals surface area contributed by atoms with Crippen molar-refractivity contribution in [2.24, 2.45) is 5.92 Å². The number of fused-ring (bicyclic) bond motifs is 2. The number of benzene rings is 2. The Bertz CT molecular complexity index is 1400. The van der Waals surface area contributed by atoms with Crippen LogP contribution in [0, 0.1) is 5.92 Å². The summed E-state index contributed by atoms with van der Waals surface area (Å²) >= 11 is 0. The number of methoxy groups -OCH3 is 2. The van der Waals surface area contributed by atoms with E-state index in [9.17, 15) is 24.3 Å². The van der Waals surface area contributed by atoms with Gasteiger partial charge < -0.3 is 19.5 Å². The third-order valence-corrected chi connectivity index (χ3v) is 7.85. The van der Waals surface area contributed by atoms with Crippen LogP contribution in [0.15, 0.2) is 83.3 Å². The Labute approximate surface area is 226 Å². The molecule has 2 aliphatic heterocycles. The highest BCUT2D eigenvalue weighted by molar-refractivity contribution is 6.13. The third-order valence-electron chi connectivity index (χ3n) is 7.85. The average Bonchev–Trinajstić information content (AvgIpc) is 2.96. The molecule has 0 radical (unpaired) electrons. The van der Waals surface area contributed by atoms with Crippen molar-refractivity contribution in [1.82, 2.24) is 9.80 Å². The minimum atomic E-state index is -2.64. The van der Waals surface area contributed by atoms with Gasteiger partial charge in [0.25, 0.3) is 5.91 Å². The normalized spacial score (nSPS) is 24.8. The zero-order valence-electron chi connectivity index (χ0n) is 22.0. The van der Waals surface area contributed by atoms with Gasteiger partial charge in [-0.15, -0.1) is 0 Å². The van der Waals surface area contributed by atoms with Gasteiger partial charge in [-0.05, 0) is 30.9 Å². The maximum atomic E-state index is 14.4. The fourth-order valence-electron chi connectivity index (χ4n) is 6.01. The molecule has 39 heavy (non-hydrogen) atoms. The molecule has 2 aromatic carbocycles. The number of carbonyl (C=O) groups is 4. The van der Waals surface area contributed by atoms with Crippen molar-refractivity contribution in [2.45, 2.75) is 44.4 Å². The van der Waals surface area contributed by atoms with Crippen LogP contribution in [0.25, 0.3) is 0 Å². The van der Waals surface area contributed by atoms with Gasteiger partial charge in [-0.3, -0.25) is 14.5 Å². The van der Waals surface area contributed by atoms with Gasteiger partial charge in [0, 0.05) is 30.2 Å². The van der Waals surface area contributed by atoms with Crippen LogP contribution in [0.3, 0.4) is 0 Å². The Morgan fingerprint density at radius 1 is 1.00 bits per heavy atom. The molecule has 2 aromatic rings. The van der Waals surface area contributed by atoms with Gasteiger partial charge in [-0.2, -0.15) is 0 Å². The van der Waals surface area contributed by atoms with E-state index >= 15 is 0 Å². The van der Waals surface area contributed by atoms with E-state index in [4.69, 9.17) is 9.47 Å². The number of hydrogen-bond acceptors (Lipinski definition) is 8. The minimum absolute atomic E-state index is 0.159. The molecule has 0 aromatic heterocycles. The summed E-state index contributed by atoms with van der Waals surface area (Å²) in [5.41, 5.74) is -0.362. The highest BCUT2D eigenvalue weighted by Crippen LogP contribution is 2.52. The first-order valence-corrected chi connectivity index (χ1v) is 12.8. The van der Waals surface area contributed by atoms with Crippen molar-refractivity contribution in [3.63, 3.8) is 0 Å². The molecule has 0 spiro atoms. The van der Waals surface area contributed by atoms with E-state index < -0.39 is 35.4 Å². The van der Waals surface area contributed by atoms with Gasteiger partial charge in [0.05, 0.1) is 25.8 Å². The summed E-state index contributed by atoms with van der Waals surface area (Å²) in [6, 6.07) is 17.2. The van der Waals surface area contributed by atoms with Crippen molar-refractivity contribution in [1.29, 1.82) is 0 Å². The van der Waals surface area contributed by atoms with E-state index in [2.05, 4.69) is 0 Å². The monoisotopic (exact) mass is 530 g/mol.